The average molecular weight is 2280 g/mol. The maximum Gasteiger partial charge on any atom is 0.301 e. The molecule has 0 amide bonds. The molecule has 9 rings (SSSR count). The number of halogens is 3. The second-order valence-electron chi connectivity index (χ2n) is 35.0. The molecule has 34 atom stereocenters. The number of ether oxygens (including phenoxy) is 16. The summed E-state index contributed by atoms with van der Waals surface area (Å²) in [6.07, 6.45) is 23.8. The van der Waals surface area contributed by atoms with Crippen molar-refractivity contribution in [3.05, 3.63) is 107 Å². The van der Waals surface area contributed by atoms with E-state index in [1.807, 2.05) is 41.5 Å². The van der Waals surface area contributed by atoms with Crippen LogP contribution in [0.15, 0.2) is 107 Å². The molecule has 9 heterocycles. The van der Waals surface area contributed by atoms with Crippen LogP contribution in [0.2, 0.25) is 0 Å². The highest BCUT2D eigenvalue weighted by Gasteiger charge is 2.56. The van der Waals surface area contributed by atoms with E-state index in [9.17, 15) is 68.9 Å². The highest BCUT2D eigenvalue weighted by Crippen LogP contribution is 2.46. The highest BCUT2D eigenvalue weighted by atomic mass is 31.2. The minimum atomic E-state index is -3.42. The van der Waals surface area contributed by atoms with Gasteiger partial charge in [-0.3, -0.25) is 0 Å². The molecular weight excluding hydrogens is 2120 g/mol. The Kier molecular flexibility index (Phi) is 66.6. The van der Waals surface area contributed by atoms with Crippen molar-refractivity contribution in [2.24, 2.45) is 0 Å². The molecule has 0 saturated carbocycles. The van der Waals surface area contributed by atoms with Crippen molar-refractivity contribution in [3.8, 4) is 0 Å². The third kappa shape index (κ3) is 59.0. The number of methoxy groups -OCH3 is 1. The molecule has 43 nitrogen and oxygen atoms in total. The summed E-state index contributed by atoms with van der Waals surface area (Å²) in [5.74, 6) is 6.60. The van der Waals surface area contributed by atoms with Gasteiger partial charge in [0.25, 0.3) is 0 Å². The minimum absolute atomic E-state index is 0.0135. The van der Waals surface area contributed by atoms with E-state index >= 15 is 0 Å². The largest absolute Gasteiger partial charge is 0.390 e. The van der Waals surface area contributed by atoms with Crippen molar-refractivity contribution in [2.75, 3.05) is 53.4 Å². The predicted octanol–water partition coefficient (Wildman–Crippen LogP) is 0.000400. The maximum atomic E-state index is 13.1. The molecule has 27 N–H and O–H groups in total. The van der Waals surface area contributed by atoms with E-state index < -0.39 is 273 Å². The number of aliphatic hydroxyl groups excluding tert-OH is 9. The summed E-state index contributed by atoms with van der Waals surface area (Å²) in [5, 5.41) is 87.3. The Balaban J connectivity index is 0.000000829. The third-order valence-electron chi connectivity index (χ3n) is 20.7. The minimum Gasteiger partial charge on any atom is -0.390 e. The van der Waals surface area contributed by atoms with E-state index in [1.165, 1.54) is 68.5 Å². The normalized spacial score (nSPS) is 34.9. The molecule has 840 valence electrons. The molecule has 147 heavy (non-hydrogen) atoms. The topological polar surface area (TPSA) is 694 Å². The molecule has 9 aliphatic rings. The second kappa shape index (κ2) is 68.0. The Bertz CT molecular complexity index is 4390. The number of rotatable bonds is 39. The molecule has 61 heteroatoms. The summed E-state index contributed by atoms with van der Waals surface area (Å²) in [6, 6.07) is -4.39. The zero-order valence-corrected chi connectivity index (χ0v) is 91.8. The second-order valence-corrected chi connectivity index (χ2v) is 51.8. The first-order valence-electron chi connectivity index (χ1n) is 46.1. The number of hydrogen-bond donors (Lipinski definition) is 27. The van der Waals surface area contributed by atoms with Crippen LogP contribution in [0.3, 0.4) is 0 Å². The number of aliphatic hydroxyl groups is 9. The van der Waals surface area contributed by atoms with Crippen molar-refractivity contribution in [2.45, 2.75) is 320 Å². The fourth-order valence-corrected chi connectivity index (χ4v) is 17.4. The lowest BCUT2D eigenvalue weighted by molar-refractivity contribution is -0.105. The summed E-state index contributed by atoms with van der Waals surface area (Å²) in [7, 11) is 6.01. The lowest BCUT2D eigenvalue weighted by Gasteiger charge is -2.18. The van der Waals surface area contributed by atoms with Crippen LogP contribution in [0.1, 0.15) is 107 Å². The van der Waals surface area contributed by atoms with Crippen molar-refractivity contribution in [3.63, 3.8) is 0 Å². The zero-order chi connectivity index (χ0) is 113. The molecule has 0 bridgehead atoms. The van der Waals surface area contributed by atoms with Crippen LogP contribution in [0.25, 0.3) is 0 Å². The summed E-state index contributed by atoms with van der Waals surface area (Å²) in [4.78, 5) is 163. The van der Waals surface area contributed by atoms with Gasteiger partial charge >= 0.3 is 5.92 Å². The van der Waals surface area contributed by atoms with Crippen molar-refractivity contribution in [1.29, 1.82) is 0 Å². The smallest absolute Gasteiger partial charge is 0.301 e. The van der Waals surface area contributed by atoms with Gasteiger partial charge in [-0.15, -0.1) is 0 Å². The number of unbranched alkanes of at least 4 members (excludes halogenated alkanes) is 2. The van der Waals surface area contributed by atoms with E-state index in [-0.39, 0.29) is 6.10 Å². The van der Waals surface area contributed by atoms with Gasteiger partial charge in [0.05, 0.1) is 31.5 Å². The molecular formula is C86H154B6F3O43P9. The fourth-order valence-electron chi connectivity index (χ4n) is 13.3. The maximum absolute atomic E-state index is 13.1. The monoisotopic (exact) mass is 2280 g/mol. The molecule has 0 aromatic rings. The van der Waals surface area contributed by atoms with E-state index in [1.54, 1.807) is 0 Å². The van der Waals surface area contributed by atoms with Crippen LogP contribution in [-0.4, -0.2) is 504 Å². The van der Waals surface area contributed by atoms with E-state index in [2.05, 4.69) is 56.7 Å². The quantitative estimate of drug-likeness (QED) is 0.0219. The Hall–Kier alpha value is -1.18. The molecule has 0 aliphatic carbocycles. The zero-order valence-electron chi connectivity index (χ0n) is 83.7. The molecule has 0 spiro atoms. The van der Waals surface area contributed by atoms with Crippen molar-refractivity contribution >= 4 is 170 Å². The number of hydrogen-bond acceptors (Lipinski definition) is 43. The number of alkyl halides is 3. The van der Waals surface area contributed by atoms with Gasteiger partial charge in [0.15, 0.2) is 6.17 Å². The lowest BCUT2D eigenvalue weighted by Crippen LogP contribution is -2.38. The molecule has 12 radical (unpaired) electrons. The molecule has 9 fully saturated rings. The molecule has 9 aliphatic heterocycles. The van der Waals surface area contributed by atoms with Gasteiger partial charge in [-0.05, 0) is 217 Å². The van der Waals surface area contributed by atoms with Crippen LogP contribution < -0.4 is 0 Å². The van der Waals surface area contributed by atoms with Crippen LogP contribution in [0.4, 0.5) is 13.2 Å². The third-order valence-corrected chi connectivity index (χ3v) is 26.6. The average Bonchev–Trinajstić information content (AvgIpc) is 1.65. The fraction of sp³-hybridized carbons (Fsp3) is 0.686. The molecule has 0 aromatic carbocycles. The van der Waals surface area contributed by atoms with Crippen LogP contribution in [-0.2, 0) is 75.8 Å². The Labute approximate surface area is 868 Å². The predicted molar refractivity (Wildman–Crippen MR) is 578 cm³/mol. The van der Waals surface area contributed by atoms with Gasteiger partial charge in [0, 0.05) is 82.6 Å². The van der Waals surface area contributed by atoms with Gasteiger partial charge in [-0.25, -0.2) is 13.2 Å². The summed E-state index contributed by atoms with van der Waals surface area (Å²) >= 11 is 0. The SMILES string of the molecule is C=P(O)(O)/C=C/[C@H]1O[C@@H](C)C(F)(F)C1O.C=P(O)(O)/C=C/[C@H]1O[C@@H](C)CC1O.C=P(O)(O)/C=C/[C@H]1O[C@@H](C)[C@@H](F)C1O.[B][C@@H]1O[C@H](/C=C/P(=C)(O)O)C(O)[C@@H]1OC.[B][C@@H]1O[C@H](/C=C/P(=C)(O)O)C(O)[C@@H]1OCCC.[B][C@@H]1O[C@H](/C=C/P(=C)(O)O)C(O)[C@@H]1OCCC.[B][C@@H]1O[C@H](/C=C/P(=C)(O)O)C(O)[C@@H]1OCCCC.[B][C@@H]1O[C@H](/C=C/P(=C)(O)O)C(O)[C@@H]1OCCCC.[B][C@@H]1O[C@H](/C=C/P(=C)(O)O)C(O)[C@@H]1OCCOCCC. The first kappa shape index (κ1) is 144. The first-order valence-corrected chi connectivity index (χ1v) is 63.6. The summed E-state index contributed by atoms with van der Waals surface area (Å²) < 4.78 is 123. The van der Waals surface area contributed by atoms with E-state index in [0.29, 0.717) is 52.7 Å². The standard InChI is InChI=1S/C12H22BO6P.2C11H20BO5P.2C10H18BO5P.C8H14BO5P.C8H13F2O4P.C8H14FO4P.C8H15O4P/c1-3-5-17-6-7-18-11-10(14)9(19-12(11)13)4-8-20(2,15)16;2*1-3-4-6-16-10-9(13)8(17-11(10)12)5-7-18(2,14)15;2*1-3-5-15-9-8(12)7(16-10(9)11)4-6-17(2,13)14;1-13-7-6(10)5(14-8(7)9)3-4-15(2,11)12;1-5-8(9,10)7(11)6(14-5)3-4-15(2,12)13;1-5-7(9)8(10)6(13-5)3-4-14(2,11)12;1-6-5-7(9)8(12-6)3-4-13(2,10)11/h4,8-12,14-16H,2-3,5-7H2,1H3;2*5,7-11,13-15H,2-4,6H2,1H3;2*4,6-10,12-14H,2-3,5H2,1H3;3-8,10-12H,2H2,1H3;3-7,11-13H,2H2,1H3;3-8,10-12H,2H2,1H3;3-4,6-11H,2,5H2,1H3/b8-4+;2*7-5+;2*6-4+;4*4-3+/t9-,10?,11+,12-;2*8-,9?,10+,11-;2*7-,8?,9+,10-;5-,6?,7+,8-;5-,6+,7?;5-,6+,7+,8?;6-,7?,8+/m111111000/s1. The van der Waals surface area contributed by atoms with Crippen molar-refractivity contribution in [1.82, 2.24) is 0 Å². The summed E-state index contributed by atoms with van der Waals surface area (Å²) in [6.45, 7) is 17.9. The van der Waals surface area contributed by atoms with Gasteiger partial charge in [0.2, 0.25) is 0 Å². The van der Waals surface area contributed by atoms with Gasteiger partial charge in [0.1, 0.15) is 260 Å². The summed E-state index contributed by atoms with van der Waals surface area (Å²) in [5.41, 5.74) is 0. The van der Waals surface area contributed by atoms with Crippen LogP contribution >= 0.6 is 66.1 Å². The molecule has 0 aromatic heterocycles. The Morgan fingerprint density at radius 3 is 0.735 bits per heavy atom. The van der Waals surface area contributed by atoms with Crippen LogP contribution in [0.5, 0.6) is 0 Å². The molecule has 9 unspecified atom stereocenters. The van der Waals surface area contributed by atoms with E-state index in [0.717, 1.165) is 104 Å². The highest BCUT2D eigenvalue weighted by molar-refractivity contribution is 7.68. The van der Waals surface area contributed by atoms with Gasteiger partial charge < -0.3 is 210 Å². The lowest BCUT2D eigenvalue weighted by atomic mass is 9.93. The first-order chi connectivity index (χ1) is 67.4. The van der Waals surface area contributed by atoms with E-state index in [4.69, 9.17) is 201 Å². The Morgan fingerprint density at radius 2 is 0.531 bits per heavy atom. The van der Waals surface area contributed by atoms with Gasteiger partial charge in [-0.1, -0.05) is 47.5 Å². The molecule has 9 saturated heterocycles. The Morgan fingerprint density at radius 1 is 0.299 bits per heavy atom. The van der Waals surface area contributed by atoms with Crippen LogP contribution in [0, 0.1) is 0 Å². The van der Waals surface area contributed by atoms with Gasteiger partial charge in [-0.2, -0.15) is 0 Å². The van der Waals surface area contributed by atoms with Crippen molar-refractivity contribution < 1.29 is 223 Å².